The Kier molecular flexibility index (Phi) is 2.55. The third-order valence-corrected chi connectivity index (χ3v) is 2.82. The summed E-state index contributed by atoms with van der Waals surface area (Å²) in [5, 5.41) is 15.0. The van der Waals surface area contributed by atoms with E-state index in [9.17, 15) is 0 Å². The second kappa shape index (κ2) is 4.21. The summed E-state index contributed by atoms with van der Waals surface area (Å²) in [5.74, 6) is 0.734. The van der Waals surface area contributed by atoms with Gasteiger partial charge in [0.1, 0.15) is 0 Å². The summed E-state index contributed by atoms with van der Waals surface area (Å²) < 4.78 is 1.73. The molecule has 0 atom stereocenters. The smallest absolute Gasteiger partial charge is 0.222 e. The maximum Gasteiger partial charge on any atom is 0.222 e. The lowest BCUT2D eigenvalue weighted by atomic mass is 10.2. The van der Waals surface area contributed by atoms with Gasteiger partial charge in [-0.1, -0.05) is 13.0 Å². The van der Waals surface area contributed by atoms with Crippen molar-refractivity contribution < 1.29 is 0 Å². The molecule has 6 heteroatoms. The topological polar surface area (TPSA) is 68.0 Å². The van der Waals surface area contributed by atoms with Crippen molar-refractivity contribution in [1.29, 1.82) is 0 Å². The Balaban J connectivity index is 2.29. The lowest BCUT2D eigenvalue weighted by Crippen LogP contribution is -2.06. The van der Waals surface area contributed by atoms with Gasteiger partial charge in [-0.3, -0.25) is 0 Å². The van der Waals surface area contributed by atoms with Crippen molar-refractivity contribution in [2.45, 2.75) is 20.3 Å². The first-order chi connectivity index (χ1) is 8.79. The van der Waals surface area contributed by atoms with E-state index in [0.717, 1.165) is 35.4 Å². The van der Waals surface area contributed by atoms with Crippen molar-refractivity contribution in [1.82, 2.24) is 25.0 Å². The fourth-order valence-electron chi connectivity index (χ4n) is 1.93. The molecule has 3 aromatic rings. The first-order valence-electron chi connectivity index (χ1n) is 6.02. The van der Waals surface area contributed by atoms with E-state index in [2.05, 4.69) is 32.7 Å². The molecule has 18 heavy (non-hydrogen) atoms. The van der Waals surface area contributed by atoms with Crippen LogP contribution in [0.1, 0.15) is 18.9 Å². The zero-order valence-electron chi connectivity index (χ0n) is 10.4. The molecule has 1 aromatic carbocycles. The third kappa shape index (κ3) is 1.66. The van der Waals surface area contributed by atoms with Crippen molar-refractivity contribution in [3.05, 3.63) is 23.8 Å². The molecular weight excluding hydrogens is 228 g/mol. The zero-order chi connectivity index (χ0) is 12.5. The van der Waals surface area contributed by atoms with E-state index >= 15 is 0 Å². The minimum atomic E-state index is 0.668. The summed E-state index contributed by atoms with van der Waals surface area (Å²) in [4.78, 5) is 4.58. The van der Waals surface area contributed by atoms with E-state index in [-0.39, 0.29) is 0 Å². The highest BCUT2D eigenvalue weighted by atomic mass is 15.5. The van der Waals surface area contributed by atoms with Gasteiger partial charge in [0.2, 0.25) is 5.65 Å². The summed E-state index contributed by atoms with van der Waals surface area (Å²) in [6, 6.07) is 6.06. The average Bonchev–Trinajstić information content (AvgIpc) is 2.86. The quantitative estimate of drug-likeness (QED) is 0.758. The molecule has 0 fully saturated rings. The third-order valence-electron chi connectivity index (χ3n) is 2.82. The maximum absolute atomic E-state index is 4.58. The molecule has 92 valence electrons. The molecule has 0 aliphatic rings. The van der Waals surface area contributed by atoms with Gasteiger partial charge in [0.15, 0.2) is 5.82 Å². The molecule has 1 N–H and O–H groups in total. The van der Waals surface area contributed by atoms with E-state index in [1.807, 2.05) is 25.1 Å². The summed E-state index contributed by atoms with van der Waals surface area (Å²) in [6.45, 7) is 5.00. The fourth-order valence-corrected chi connectivity index (χ4v) is 1.93. The molecule has 0 unspecified atom stereocenters. The van der Waals surface area contributed by atoms with E-state index in [1.165, 1.54) is 0 Å². The summed E-state index contributed by atoms with van der Waals surface area (Å²) >= 11 is 0. The fraction of sp³-hybridized carbons (Fsp3) is 0.333. The molecule has 0 amide bonds. The summed E-state index contributed by atoms with van der Waals surface area (Å²) in [6.07, 6.45) is 1.03. The largest absolute Gasteiger partial charge is 0.367 e. The van der Waals surface area contributed by atoms with Crippen LogP contribution in [0.25, 0.3) is 16.7 Å². The number of benzene rings is 1. The molecule has 3 rings (SSSR count). The first-order valence-corrected chi connectivity index (χ1v) is 6.02. The molecular formula is C12H14N6. The van der Waals surface area contributed by atoms with Gasteiger partial charge in [-0.25, -0.2) is 4.98 Å². The SMILES string of the molecule is CCCNc1nc2ccc(C)cc2n2nnnc12. The molecule has 0 saturated carbocycles. The van der Waals surface area contributed by atoms with Gasteiger partial charge in [0, 0.05) is 6.54 Å². The van der Waals surface area contributed by atoms with Crippen LogP contribution in [0.3, 0.4) is 0 Å². The number of tetrazole rings is 1. The van der Waals surface area contributed by atoms with Crippen molar-refractivity contribution in [3.63, 3.8) is 0 Å². The lowest BCUT2D eigenvalue weighted by Gasteiger charge is -2.07. The number of hydrogen-bond acceptors (Lipinski definition) is 5. The molecule has 2 aromatic heterocycles. The molecule has 0 spiro atoms. The first kappa shape index (κ1) is 10.9. The van der Waals surface area contributed by atoms with Crippen LogP contribution in [0.15, 0.2) is 18.2 Å². The second-order valence-electron chi connectivity index (χ2n) is 4.29. The van der Waals surface area contributed by atoms with Crippen LogP contribution in [-0.4, -0.2) is 31.6 Å². The van der Waals surface area contributed by atoms with Gasteiger partial charge in [-0.15, -0.1) is 5.10 Å². The molecule has 6 nitrogen and oxygen atoms in total. The summed E-state index contributed by atoms with van der Waals surface area (Å²) in [7, 11) is 0. The highest BCUT2D eigenvalue weighted by Gasteiger charge is 2.10. The molecule has 2 heterocycles. The van der Waals surface area contributed by atoms with Crippen LogP contribution in [-0.2, 0) is 0 Å². The van der Waals surface area contributed by atoms with Crippen LogP contribution >= 0.6 is 0 Å². The van der Waals surface area contributed by atoms with E-state index in [1.54, 1.807) is 4.52 Å². The average molecular weight is 242 g/mol. The predicted molar refractivity (Wildman–Crippen MR) is 69.6 cm³/mol. The van der Waals surface area contributed by atoms with Crippen LogP contribution in [0, 0.1) is 6.92 Å². The van der Waals surface area contributed by atoms with Crippen molar-refractivity contribution in [3.8, 4) is 0 Å². The van der Waals surface area contributed by atoms with Crippen LogP contribution < -0.4 is 5.32 Å². The Morgan fingerprint density at radius 3 is 3.06 bits per heavy atom. The Morgan fingerprint density at radius 1 is 1.33 bits per heavy atom. The molecule has 0 radical (unpaired) electrons. The highest BCUT2D eigenvalue weighted by Crippen LogP contribution is 2.19. The predicted octanol–water partition coefficient (Wildman–Crippen LogP) is 1.80. The van der Waals surface area contributed by atoms with Gasteiger partial charge in [-0.05, 0) is 41.5 Å². The van der Waals surface area contributed by atoms with Gasteiger partial charge in [0.05, 0.1) is 11.0 Å². The Morgan fingerprint density at radius 2 is 2.22 bits per heavy atom. The highest BCUT2D eigenvalue weighted by molar-refractivity contribution is 5.82. The van der Waals surface area contributed by atoms with Gasteiger partial charge in [-0.2, -0.15) is 4.52 Å². The van der Waals surface area contributed by atoms with Crippen molar-refractivity contribution in [2.24, 2.45) is 0 Å². The number of nitrogens with one attached hydrogen (secondary N) is 1. The minimum Gasteiger partial charge on any atom is -0.367 e. The normalized spacial score (nSPS) is 11.2. The number of fused-ring (bicyclic) bond motifs is 3. The van der Waals surface area contributed by atoms with Gasteiger partial charge in [0.25, 0.3) is 0 Å². The van der Waals surface area contributed by atoms with Crippen molar-refractivity contribution >= 4 is 22.5 Å². The Bertz CT molecular complexity index is 702. The molecule has 0 aliphatic heterocycles. The standard InChI is InChI=1S/C12H14N6/c1-3-6-13-11-12-15-16-17-18(12)10-7-8(2)4-5-9(10)14-11/h4-5,7H,3,6H2,1-2H3,(H,13,14). The maximum atomic E-state index is 4.58. The van der Waals surface area contributed by atoms with Crippen LogP contribution in [0.2, 0.25) is 0 Å². The summed E-state index contributed by atoms with van der Waals surface area (Å²) in [5.41, 5.74) is 3.65. The van der Waals surface area contributed by atoms with Crippen LogP contribution in [0.4, 0.5) is 5.82 Å². The number of aromatic nitrogens is 5. The zero-order valence-corrected chi connectivity index (χ0v) is 10.4. The van der Waals surface area contributed by atoms with Crippen LogP contribution in [0.5, 0.6) is 0 Å². The van der Waals surface area contributed by atoms with Gasteiger partial charge >= 0.3 is 0 Å². The number of aryl methyl sites for hydroxylation is 1. The Labute approximate surface area is 104 Å². The molecule has 0 aliphatic carbocycles. The molecule has 0 saturated heterocycles. The van der Waals surface area contributed by atoms with E-state index < -0.39 is 0 Å². The minimum absolute atomic E-state index is 0.668. The number of hydrogen-bond donors (Lipinski definition) is 1. The van der Waals surface area contributed by atoms with E-state index in [4.69, 9.17) is 0 Å². The molecule has 0 bridgehead atoms. The Hall–Kier alpha value is -2.24. The van der Waals surface area contributed by atoms with Gasteiger partial charge < -0.3 is 5.32 Å². The number of rotatable bonds is 3. The number of nitrogens with zero attached hydrogens (tertiary/aromatic N) is 5. The lowest BCUT2D eigenvalue weighted by molar-refractivity contribution is 0.840. The number of anilines is 1. The van der Waals surface area contributed by atoms with E-state index in [0.29, 0.717) is 5.65 Å². The second-order valence-corrected chi connectivity index (χ2v) is 4.29. The van der Waals surface area contributed by atoms with Crippen molar-refractivity contribution in [2.75, 3.05) is 11.9 Å². The monoisotopic (exact) mass is 242 g/mol.